The van der Waals surface area contributed by atoms with Gasteiger partial charge >= 0.3 is 0 Å². The van der Waals surface area contributed by atoms with Crippen molar-refractivity contribution in [2.45, 2.75) is 61.9 Å². The Balaban J connectivity index is 1.41. The van der Waals surface area contributed by atoms with E-state index in [1.807, 2.05) is 0 Å². The van der Waals surface area contributed by atoms with Crippen LogP contribution >= 0.6 is 0 Å². The van der Waals surface area contributed by atoms with Crippen LogP contribution in [0.5, 0.6) is 17.2 Å². The fourth-order valence-electron chi connectivity index (χ4n) is 5.06. The number of carbonyl (C=O) groups excluding carboxylic acids is 2. The highest BCUT2D eigenvalue weighted by Crippen LogP contribution is 2.41. The maximum atomic E-state index is 13.4. The molecule has 2 fully saturated rings. The summed E-state index contributed by atoms with van der Waals surface area (Å²) in [5.41, 5.74) is -0.924. The van der Waals surface area contributed by atoms with Gasteiger partial charge in [0.1, 0.15) is 60.0 Å². The van der Waals surface area contributed by atoms with E-state index in [-0.39, 0.29) is 40.2 Å². The lowest BCUT2D eigenvalue weighted by atomic mass is 9.82. The van der Waals surface area contributed by atoms with Crippen molar-refractivity contribution < 1.29 is 74.1 Å². The number of benzene rings is 2. The van der Waals surface area contributed by atoms with E-state index in [9.17, 15) is 50.4 Å². The van der Waals surface area contributed by atoms with E-state index in [1.54, 1.807) is 0 Å². The van der Waals surface area contributed by atoms with Gasteiger partial charge in [0.25, 0.3) is 0 Å². The van der Waals surface area contributed by atoms with E-state index >= 15 is 0 Å². The summed E-state index contributed by atoms with van der Waals surface area (Å²) in [5.74, 6) is -2.14. The first kappa shape index (κ1) is 30.2. The third-order valence-electron chi connectivity index (χ3n) is 7.50. The SMILES string of the molecule is COc1ccc2c(c1)C(=O)c1cc(O[C@@H]3O[C@H](CO[C@@H]4OC[C@@H](O)[C@H](O)[C@H]4O)[C@@H](O)[C@H](O)[C@H]3O)c(CO)c(O)c1C2=O. The lowest BCUT2D eigenvalue weighted by molar-refractivity contribution is -0.307. The largest absolute Gasteiger partial charge is 0.507 e. The molecule has 15 heteroatoms. The second kappa shape index (κ2) is 11.8. The number of rotatable bonds is 7. The van der Waals surface area contributed by atoms with Crippen molar-refractivity contribution in [2.24, 2.45) is 0 Å². The molecule has 0 bridgehead atoms. The molecule has 8 N–H and O–H groups in total. The Bertz CT molecular complexity index is 1360. The molecule has 0 radical (unpaired) electrons. The third kappa shape index (κ3) is 5.13. The predicted octanol–water partition coefficient (Wildman–Crippen LogP) is -2.69. The normalized spacial score (nSPS) is 32.7. The van der Waals surface area contributed by atoms with Crippen molar-refractivity contribution in [2.75, 3.05) is 20.3 Å². The molecule has 2 aromatic rings. The molecular formula is C27H30O15. The molecule has 1 aliphatic carbocycles. The summed E-state index contributed by atoms with van der Waals surface area (Å²) in [4.78, 5) is 26.6. The first-order valence-corrected chi connectivity index (χ1v) is 12.9. The molecule has 0 saturated carbocycles. The second-order valence-electron chi connectivity index (χ2n) is 10.1. The first-order chi connectivity index (χ1) is 20.0. The lowest BCUT2D eigenvalue weighted by Crippen LogP contribution is -2.61. The van der Waals surface area contributed by atoms with Gasteiger partial charge in [-0.25, -0.2) is 0 Å². The minimum Gasteiger partial charge on any atom is -0.507 e. The molecule has 2 saturated heterocycles. The van der Waals surface area contributed by atoms with Crippen molar-refractivity contribution >= 4 is 11.6 Å². The first-order valence-electron chi connectivity index (χ1n) is 12.9. The molecule has 0 aromatic heterocycles. The molecule has 0 spiro atoms. The molecule has 15 nitrogen and oxygen atoms in total. The summed E-state index contributed by atoms with van der Waals surface area (Å²) >= 11 is 0. The molecule has 0 amide bonds. The molecule has 2 aromatic carbocycles. The number of ketones is 2. The summed E-state index contributed by atoms with van der Waals surface area (Å²) in [6.45, 7) is -1.77. The lowest BCUT2D eigenvalue weighted by Gasteiger charge is -2.41. The average Bonchev–Trinajstić information content (AvgIpc) is 2.98. The summed E-state index contributed by atoms with van der Waals surface area (Å²) in [6, 6.07) is 5.30. The maximum Gasteiger partial charge on any atom is 0.229 e. The Hall–Kier alpha value is -3.22. The summed E-state index contributed by atoms with van der Waals surface area (Å²) in [6.07, 6.45) is -14.6. The van der Waals surface area contributed by atoms with Crippen LogP contribution in [0.4, 0.5) is 0 Å². The number of phenols is 1. The van der Waals surface area contributed by atoms with Crippen molar-refractivity contribution in [3.63, 3.8) is 0 Å². The highest BCUT2D eigenvalue weighted by Gasteiger charge is 2.47. The van der Waals surface area contributed by atoms with Gasteiger partial charge in [0.05, 0.1) is 38.1 Å². The molecule has 2 heterocycles. The second-order valence-corrected chi connectivity index (χ2v) is 10.1. The van der Waals surface area contributed by atoms with E-state index in [0.29, 0.717) is 5.75 Å². The Labute approximate surface area is 237 Å². The summed E-state index contributed by atoms with van der Waals surface area (Å²) < 4.78 is 26.9. The van der Waals surface area contributed by atoms with Gasteiger partial charge in [0.2, 0.25) is 6.29 Å². The van der Waals surface area contributed by atoms with Crippen LogP contribution in [0.2, 0.25) is 0 Å². The minimum atomic E-state index is -1.88. The van der Waals surface area contributed by atoms with Gasteiger partial charge in [-0.3, -0.25) is 9.59 Å². The van der Waals surface area contributed by atoms with Crippen LogP contribution in [0.25, 0.3) is 0 Å². The average molecular weight is 595 g/mol. The number of methoxy groups -OCH3 is 1. The van der Waals surface area contributed by atoms with Crippen molar-refractivity contribution in [1.29, 1.82) is 0 Å². The van der Waals surface area contributed by atoms with Crippen LogP contribution in [0.3, 0.4) is 0 Å². The van der Waals surface area contributed by atoms with Gasteiger partial charge in [-0.2, -0.15) is 0 Å². The van der Waals surface area contributed by atoms with Gasteiger partial charge < -0.3 is 64.5 Å². The Morgan fingerprint density at radius 2 is 1.57 bits per heavy atom. The van der Waals surface area contributed by atoms with Crippen LogP contribution in [0.1, 0.15) is 37.4 Å². The Morgan fingerprint density at radius 3 is 2.26 bits per heavy atom. The molecular weight excluding hydrogens is 564 g/mol. The van der Waals surface area contributed by atoms with E-state index in [4.69, 9.17) is 23.7 Å². The zero-order valence-electron chi connectivity index (χ0n) is 22.1. The standard InChI is InChI=1S/C27H30O15/c1-38-9-2-3-10-11(4-9)18(30)12-5-15(13(6-28)20(32)17(12)19(10)31)41-27-25(37)23(35)22(34)16(42-27)8-40-26-24(36)21(33)14(29)7-39-26/h2-5,14,16,21-29,32-37H,6-8H2,1H3/t14-,16-,21+,22-,23+,24-,25-,26+,27-/m1/s1. The van der Waals surface area contributed by atoms with E-state index < -0.39 is 85.8 Å². The number of aromatic hydroxyl groups is 1. The summed E-state index contributed by atoms with van der Waals surface area (Å²) in [5, 5.41) is 81.9. The number of aliphatic hydroxyl groups is 7. The quantitative estimate of drug-likeness (QED) is 0.139. The van der Waals surface area contributed by atoms with Crippen molar-refractivity contribution in [3.8, 4) is 17.2 Å². The third-order valence-corrected chi connectivity index (χ3v) is 7.50. The van der Waals surface area contributed by atoms with Crippen LogP contribution in [0, 0.1) is 0 Å². The molecule has 42 heavy (non-hydrogen) atoms. The van der Waals surface area contributed by atoms with Crippen molar-refractivity contribution in [1.82, 2.24) is 0 Å². The fourth-order valence-corrected chi connectivity index (χ4v) is 5.06. The number of fused-ring (bicyclic) bond motifs is 2. The van der Waals surface area contributed by atoms with E-state index in [2.05, 4.69) is 0 Å². The van der Waals surface area contributed by atoms with Crippen LogP contribution in [-0.2, 0) is 20.8 Å². The monoisotopic (exact) mass is 594 g/mol. The van der Waals surface area contributed by atoms with Gasteiger partial charge in [0, 0.05) is 16.7 Å². The number of hydrogen-bond acceptors (Lipinski definition) is 15. The molecule has 9 atom stereocenters. The van der Waals surface area contributed by atoms with Crippen LogP contribution in [0.15, 0.2) is 24.3 Å². The van der Waals surface area contributed by atoms with Gasteiger partial charge in [-0.1, -0.05) is 0 Å². The van der Waals surface area contributed by atoms with Crippen molar-refractivity contribution in [3.05, 3.63) is 52.1 Å². The molecule has 3 aliphatic rings. The van der Waals surface area contributed by atoms with Crippen LogP contribution < -0.4 is 9.47 Å². The Kier molecular flexibility index (Phi) is 8.51. The highest BCUT2D eigenvalue weighted by molar-refractivity contribution is 6.29. The molecule has 2 aliphatic heterocycles. The number of hydrogen-bond donors (Lipinski definition) is 8. The number of ether oxygens (including phenoxy) is 5. The zero-order chi connectivity index (χ0) is 30.5. The predicted molar refractivity (Wildman–Crippen MR) is 135 cm³/mol. The zero-order valence-corrected chi connectivity index (χ0v) is 22.1. The number of carbonyl (C=O) groups is 2. The molecule has 0 unspecified atom stereocenters. The van der Waals surface area contributed by atoms with Gasteiger partial charge in [-0.15, -0.1) is 0 Å². The van der Waals surface area contributed by atoms with Gasteiger partial charge in [0.15, 0.2) is 17.9 Å². The van der Waals surface area contributed by atoms with Gasteiger partial charge in [-0.05, 0) is 24.3 Å². The molecule has 228 valence electrons. The van der Waals surface area contributed by atoms with Crippen LogP contribution in [-0.4, -0.2) is 128 Å². The number of aliphatic hydroxyl groups excluding tert-OH is 7. The molecule has 5 rings (SSSR count). The highest BCUT2D eigenvalue weighted by atomic mass is 16.7. The Morgan fingerprint density at radius 1 is 0.857 bits per heavy atom. The fraction of sp³-hybridized carbons (Fsp3) is 0.481. The summed E-state index contributed by atoms with van der Waals surface area (Å²) in [7, 11) is 1.38. The smallest absolute Gasteiger partial charge is 0.229 e. The maximum absolute atomic E-state index is 13.4. The topological polar surface area (TPSA) is 242 Å². The van der Waals surface area contributed by atoms with E-state index in [1.165, 1.54) is 25.3 Å². The minimum absolute atomic E-state index is 0.00316. The van der Waals surface area contributed by atoms with E-state index in [0.717, 1.165) is 6.07 Å².